The molecule has 1 unspecified atom stereocenters. The number of nitrogen functional groups attached to an aromatic ring is 1. The zero-order valence-corrected chi connectivity index (χ0v) is 17.9. The van der Waals surface area contributed by atoms with Crippen molar-refractivity contribution in [1.82, 2.24) is 4.90 Å². The SMILES string of the molecule is CN(C)C(=O)c1ccc(CN2C(=O)C(c3cccc(C(=N)N)c3)Oc3ccccc32)cc1. The number of carbonyl (C=O) groups excluding carboxylic acids is 2. The summed E-state index contributed by atoms with van der Waals surface area (Å²) in [4.78, 5) is 28.9. The molecule has 1 aliphatic heterocycles. The quantitative estimate of drug-likeness (QED) is 0.481. The van der Waals surface area contributed by atoms with E-state index in [-0.39, 0.29) is 17.6 Å². The van der Waals surface area contributed by atoms with E-state index >= 15 is 0 Å². The largest absolute Gasteiger partial charge is 0.474 e. The average Bonchev–Trinajstić information content (AvgIpc) is 2.80. The van der Waals surface area contributed by atoms with Crippen molar-refractivity contribution in [2.24, 2.45) is 5.73 Å². The lowest BCUT2D eigenvalue weighted by Gasteiger charge is -2.34. The number of nitrogens with one attached hydrogen (secondary N) is 1. The number of hydrogen-bond acceptors (Lipinski definition) is 4. The smallest absolute Gasteiger partial charge is 0.273 e. The van der Waals surface area contributed by atoms with Gasteiger partial charge in [0.15, 0.2) is 0 Å². The normalized spacial score (nSPS) is 15.0. The molecule has 0 aromatic heterocycles. The number of rotatable bonds is 5. The van der Waals surface area contributed by atoms with E-state index in [9.17, 15) is 9.59 Å². The zero-order valence-electron chi connectivity index (χ0n) is 17.9. The molecule has 0 saturated carbocycles. The van der Waals surface area contributed by atoms with Gasteiger partial charge in [0.25, 0.3) is 11.8 Å². The second-order valence-electron chi connectivity index (χ2n) is 7.83. The van der Waals surface area contributed by atoms with Crippen LogP contribution in [0.25, 0.3) is 0 Å². The summed E-state index contributed by atoms with van der Waals surface area (Å²) in [6.07, 6.45) is -0.848. The van der Waals surface area contributed by atoms with Crippen LogP contribution in [0, 0.1) is 5.41 Å². The minimum absolute atomic E-state index is 0.0697. The van der Waals surface area contributed by atoms with Crippen LogP contribution in [0.3, 0.4) is 0 Å². The minimum atomic E-state index is -0.848. The van der Waals surface area contributed by atoms with E-state index in [1.807, 2.05) is 36.4 Å². The summed E-state index contributed by atoms with van der Waals surface area (Å²) in [5.74, 6) is 0.247. The lowest BCUT2D eigenvalue weighted by molar-refractivity contribution is -0.126. The fourth-order valence-corrected chi connectivity index (χ4v) is 3.65. The van der Waals surface area contributed by atoms with E-state index in [1.165, 1.54) is 4.90 Å². The Morgan fingerprint density at radius 3 is 2.44 bits per heavy atom. The van der Waals surface area contributed by atoms with Gasteiger partial charge in [-0.2, -0.15) is 0 Å². The molecule has 3 N–H and O–H groups in total. The van der Waals surface area contributed by atoms with E-state index < -0.39 is 6.10 Å². The molecule has 1 heterocycles. The number of para-hydroxylation sites is 2. The van der Waals surface area contributed by atoms with Gasteiger partial charge in [0.2, 0.25) is 6.10 Å². The molecule has 0 spiro atoms. The van der Waals surface area contributed by atoms with Crippen LogP contribution in [0.5, 0.6) is 5.75 Å². The number of carbonyl (C=O) groups is 2. The van der Waals surface area contributed by atoms with Crippen molar-refractivity contribution in [3.8, 4) is 5.75 Å². The fraction of sp³-hybridized carbons (Fsp3) is 0.160. The number of hydrogen-bond donors (Lipinski definition) is 2. The number of amides is 2. The molecule has 1 atom stereocenters. The molecule has 4 rings (SSSR count). The molecular formula is C25H24N4O3. The number of fused-ring (bicyclic) bond motifs is 1. The molecular weight excluding hydrogens is 404 g/mol. The standard InChI is InChI=1S/C25H24N4O3/c1-28(2)24(30)17-12-10-16(11-13-17)15-29-20-8-3-4-9-21(20)32-22(25(29)31)18-6-5-7-19(14-18)23(26)27/h3-14,22H,15H2,1-2H3,(H3,26,27). The Bertz CT molecular complexity index is 1190. The second-order valence-corrected chi connectivity index (χ2v) is 7.83. The number of nitrogens with two attached hydrogens (primary N) is 1. The third-order valence-electron chi connectivity index (χ3n) is 5.34. The van der Waals surface area contributed by atoms with Crippen LogP contribution in [0.2, 0.25) is 0 Å². The first-order valence-electron chi connectivity index (χ1n) is 10.2. The van der Waals surface area contributed by atoms with Crippen molar-refractivity contribution in [2.75, 3.05) is 19.0 Å². The van der Waals surface area contributed by atoms with Crippen molar-refractivity contribution >= 4 is 23.3 Å². The Balaban J connectivity index is 1.66. The molecule has 3 aromatic carbocycles. The molecule has 3 aromatic rings. The van der Waals surface area contributed by atoms with Gasteiger partial charge >= 0.3 is 0 Å². The summed E-state index contributed by atoms with van der Waals surface area (Å²) in [6.45, 7) is 0.332. The maximum Gasteiger partial charge on any atom is 0.273 e. The Kier molecular flexibility index (Phi) is 5.64. The van der Waals surface area contributed by atoms with E-state index in [0.29, 0.717) is 34.7 Å². The number of benzene rings is 3. The van der Waals surface area contributed by atoms with Gasteiger partial charge in [0, 0.05) is 30.8 Å². The number of amidine groups is 1. The van der Waals surface area contributed by atoms with Gasteiger partial charge in [-0.05, 0) is 35.9 Å². The first kappa shape index (κ1) is 21.1. The Morgan fingerprint density at radius 1 is 1.03 bits per heavy atom. The molecule has 1 aliphatic rings. The molecule has 0 aliphatic carbocycles. The zero-order chi connectivity index (χ0) is 22.8. The van der Waals surface area contributed by atoms with Crippen LogP contribution in [-0.2, 0) is 11.3 Å². The highest BCUT2D eigenvalue weighted by Crippen LogP contribution is 2.39. The fourth-order valence-electron chi connectivity index (χ4n) is 3.65. The van der Waals surface area contributed by atoms with Gasteiger partial charge in [-0.3, -0.25) is 15.0 Å². The van der Waals surface area contributed by atoms with Gasteiger partial charge in [-0.1, -0.05) is 42.5 Å². The highest BCUT2D eigenvalue weighted by molar-refractivity contribution is 6.01. The van der Waals surface area contributed by atoms with Crippen molar-refractivity contribution in [2.45, 2.75) is 12.6 Å². The second kappa shape index (κ2) is 8.55. The van der Waals surface area contributed by atoms with E-state index in [4.69, 9.17) is 15.9 Å². The van der Waals surface area contributed by atoms with Crippen LogP contribution in [-0.4, -0.2) is 36.6 Å². The highest BCUT2D eigenvalue weighted by atomic mass is 16.5. The maximum atomic E-state index is 13.5. The topological polar surface area (TPSA) is 99.7 Å². The van der Waals surface area contributed by atoms with Crippen molar-refractivity contribution in [3.63, 3.8) is 0 Å². The highest BCUT2D eigenvalue weighted by Gasteiger charge is 2.35. The summed E-state index contributed by atoms with van der Waals surface area (Å²) in [5.41, 5.74) is 8.96. The maximum absolute atomic E-state index is 13.5. The molecule has 32 heavy (non-hydrogen) atoms. The van der Waals surface area contributed by atoms with Crippen LogP contribution in [0.15, 0.2) is 72.8 Å². The number of anilines is 1. The average molecular weight is 428 g/mol. The molecule has 7 nitrogen and oxygen atoms in total. The Hall–Kier alpha value is -4.13. The first-order valence-corrected chi connectivity index (χ1v) is 10.2. The predicted octanol–water partition coefficient (Wildman–Crippen LogP) is 3.34. The molecule has 0 saturated heterocycles. The lowest BCUT2D eigenvalue weighted by Crippen LogP contribution is -2.40. The van der Waals surface area contributed by atoms with Gasteiger partial charge in [-0.25, -0.2) is 0 Å². The van der Waals surface area contributed by atoms with Gasteiger partial charge < -0.3 is 20.3 Å². The predicted molar refractivity (Wildman–Crippen MR) is 123 cm³/mol. The third kappa shape index (κ3) is 4.05. The summed E-state index contributed by atoms with van der Waals surface area (Å²) in [7, 11) is 3.42. The van der Waals surface area contributed by atoms with Crippen LogP contribution in [0.4, 0.5) is 5.69 Å². The van der Waals surface area contributed by atoms with Gasteiger partial charge in [0.1, 0.15) is 11.6 Å². The van der Waals surface area contributed by atoms with Crippen LogP contribution < -0.4 is 15.4 Å². The van der Waals surface area contributed by atoms with E-state index in [1.54, 1.807) is 55.4 Å². The van der Waals surface area contributed by atoms with Gasteiger partial charge in [0.05, 0.1) is 12.2 Å². The Morgan fingerprint density at radius 2 is 1.75 bits per heavy atom. The molecule has 2 amide bonds. The first-order chi connectivity index (χ1) is 15.3. The summed E-state index contributed by atoms with van der Waals surface area (Å²) in [6, 6.07) is 21.6. The summed E-state index contributed by atoms with van der Waals surface area (Å²) < 4.78 is 6.06. The van der Waals surface area contributed by atoms with E-state index in [2.05, 4.69) is 0 Å². The van der Waals surface area contributed by atoms with Crippen LogP contribution >= 0.6 is 0 Å². The number of nitrogens with zero attached hydrogens (tertiary/aromatic N) is 2. The Labute approximate surface area is 186 Å². The van der Waals surface area contributed by atoms with Crippen LogP contribution in [0.1, 0.15) is 33.2 Å². The molecule has 0 bridgehead atoms. The molecule has 0 radical (unpaired) electrons. The third-order valence-corrected chi connectivity index (χ3v) is 5.34. The molecule has 7 heteroatoms. The molecule has 162 valence electrons. The minimum Gasteiger partial charge on any atom is -0.474 e. The summed E-state index contributed by atoms with van der Waals surface area (Å²) >= 11 is 0. The number of ether oxygens (including phenoxy) is 1. The lowest BCUT2D eigenvalue weighted by atomic mass is 10.0. The van der Waals surface area contributed by atoms with Crippen molar-refractivity contribution < 1.29 is 14.3 Å². The molecule has 0 fully saturated rings. The monoisotopic (exact) mass is 428 g/mol. The summed E-state index contributed by atoms with van der Waals surface area (Å²) in [5, 5.41) is 7.69. The van der Waals surface area contributed by atoms with E-state index in [0.717, 1.165) is 5.56 Å². The van der Waals surface area contributed by atoms with Crippen molar-refractivity contribution in [1.29, 1.82) is 5.41 Å². The van der Waals surface area contributed by atoms with Crippen molar-refractivity contribution in [3.05, 3.63) is 95.1 Å². The van der Waals surface area contributed by atoms with Gasteiger partial charge in [-0.15, -0.1) is 0 Å².